The Balaban J connectivity index is 0.00000210. The number of nitrogen functional groups attached to an aromatic ring is 1. The summed E-state index contributed by atoms with van der Waals surface area (Å²) in [4.78, 5) is 52.1. The molecule has 2 aliphatic rings. The second-order valence-electron chi connectivity index (χ2n) is 5.56. The normalized spacial score (nSPS) is 21.0. The van der Waals surface area contributed by atoms with Gasteiger partial charge in [-0.3, -0.25) is 19.3 Å². The minimum atomic E-state index is -1.21. The number of rotatable bonds is 6. The van der Waals surface area contributed by atoms with E-state index in [4.69, 9.17) is 15.9 Å². The number of thiazole rings is 1. The molecular formula is C15H18N4O7S2. The van der Waals surface area contributed by atoms with Crippen LogP contribution in [-0.2, 0) is 19.2 Å². The molecule has 1 saturated heterocycles. The van der Waals surface area contributed by atoms with Gasteiger partial charge in [-0.15, -0.1) is 23.1 Å². The Hall–Kier alpha value is -2.90. The summed E-state index contributed by atoms with van der Waals surface area (Å²) in [5.74, 6) is -3.16. The quantitative estimate of drug-likeness (QED) is 0.336. The molecule has 0 aliphatic carbocycles. The van der Waals surface area contributed by atoms with Gasteiger partial charge in [-0.2, -0.15) is 0 Å². The molecule has 2 aliphatic heterocycles. The number of nitrogens with zero attached hydrogens (tertiary/aromatic N) is 2. The van der Waals surface area contributed by atoms with E-state index >= 15 is 0 Å². The molecule has 2 amide bonds. The molecule has 1 fully saturated rings. The van der Waals surface area contributed by atoms with Gasteiger partial charge in [0.1, 0.15) is 17.1 Å². The summed E-state index contributed by atoms with van der Waals surface area (Å²) in [6, 6.07) is -0.908. The monoisotopic (exact) mass is 430 g/mol. The van der Waals surface area contributed by atoms with Crippen molar-refractivity contribution in [3.05, 3.63) is 28.9 Å². The summed E-state index contributed by atoms with van der Waals surface area (Å²) < 4.78 is 0. The SMILES string of the molecule is Nc1nc(C(=CCC(=O)O)C(=O)NC2C(=O)N3C(C(=O)O)=CCSC23)cs1.O.[HH]. The van der Waals surface area contributed by atoms with Gasteiger partial charge in [-0.1, -0.05) is 6.08 Å². The second-order valence-corrected chi connectivity index (χ2v) is 7.60. The van der Waals surface area contributed by atoms with Crippen LogP contribution < -0.4 is 11.1 Å². The van der Waals surface area contributed by atoms with E-state index in [9.17, 15) is 19.2 Å². The number of anilines is 1. The van der Waals surface area contributed by atoms with Gasteiger partial charge in [-0.05, 0) is 6.08 Å². The standard InChI is InChI=1S/C15H14N4O6S2.H2O.H2/c16-15-17-7(5-27-15)6(1-2-9(20)21)11(22)18-10-12(23)19-8(14(24)25)3-4-26-13(10)19;;/h1,3,5,10,13H,2,4H2,(H2,16,17)(H,18,22)(H,20,21)(H,24,25);1H2;1H. The van der Waals surface area contributed by atoms with Gasteiger partial charge in [0.2, 0.25) is 0 Å². The number of aliphatic carboxylic acids is 2. The van der Waals surface area contributed by atoms with Crippen LogP contribution in [0.15, 0.2) is 23.2 Å². The zero-order valence-electron chi connectivity index (χ0n) is 14.1. The fourth-order valence-electron chi connectivity index (χ4n) is 2.67. The molecule has 3 heterocycles. The smallest absolute Gasteiger partial charge is 0.352 e. The number of β-lactam (4-membered cyclic amide) rings is 1. The maximum atomic E-state index is 12.6. The molecule has 0 radical (unpaired) electrons. The molecule has 7 N–H and O–H groups in total. The largest absolute Gasteiger partial charge is 0.481 e. The number of aromatic nitrogens is 1. The molecule has 2 unspecified atom stereocenters. The summed E-state index contributed by atoms with van der Waals surface area (Å²) in [5, 5.41) is 21.8. The van der Waals surface area contributed by atoms with Crippen molar-refractivity contribution in [3.63, 3.8) is 0 Å². The molecular weight excluding hydrogens is 412 g/mol. The highest BCUT2D eigenvalue weighted by Crippen LogP contribution is 2.37. The molecule has 3 rings (SSSR count). The first-order valence-corrected chi connectivity index (χ1v) is 9.54. The van der Waals surface area contributed by atoms with Crippen molar-refractivity contribution in [2.24, 2.45) is 0 Å². The van der Waals surface area contributed by atoms with Crippen molar-refractivity contribution in [1.29, 1.82) is 0 Å². The van der Waals surface area contributed by atoms with Crippen LogP contribution in [0.4, 0.5) is 5.13 Å². The first-order valence-electron chi connectivity index (χ1n) is 7.62. The third-order valence-electron chi connectivity index (χ3n) is 3.88. The molecule has 0 bridgehead atoms. The number of carbonyl (C=O) groups is 4. The van der Waals surface area contributed by atoms with Crippen LogP contribution in [0.25, 0.3) is 5.57 Å². The van der Waals surface area contributed by atoms with E-state index in [0.29, 0.717) is 5.75 Å². The first-order chi connectivity index (χ1) is 12.8. The highest BCUT2D eigenvalue weighted by Gasteiger charge is 2.52. The molecule has 1 aromatic rings. The lowest BCUT2D eigenvalue weighted by Crippen LogP contribution is -2.70. The topological polar surface area (TPSA) is 194 Å². The van der Waals surface area contributed by atoms with Crippen molar-refractivity contribution in [2.45, 2.75) is 17.8 Å². The highest BCUT2D eigenvalue weighted by atomic mass is 32.2. The maximum absolute atomic E-state index is 12.6. The van der Waals surface area contributed by atoms with E-state index in [1.54, 1.807) is 0 Å². The Morgan fingerprint density at radius 3 is 2.71 bits per heavy atom. The third kappa shape index (κ3) is 4.00. The first kappa shape index (κ1) is 21.4. The number of thioether (sulfide) groups is 1. The third-order valence-corrected chi connectivity index (χ3v) is 5.73. The van der Waals surface area contributed by atoms with Crippen molar-refractivity contribution < 1.29 is 36.3 Å². The van der Waals surface area contributed by atoms with E-state index in [2.05, 4.69) is 10.3 Å². The molecule has 0 aromatic carbocycles. The molecule has 2 atom stereocenters. The number of nitrogens with one attached hydrogen (secondary N) is 1. The number of fused-ring (bicyclic) bond motifs is 1. The van der Waals surface area contributed by atoms with E-state index in [1.165, 1.54) is 29.3 Å². The summed E-state index contributed by atoms with van der Waals surface area (Å²) in [5.41, 5.74) is 5.66. The van der Waals surface area contributed by atoms with Crippen LogP contribution in [0.2, 0.25) is 0 Å². The Bertz CT molecular complexity index is 901. The molecule has 0 saturated carbocycles. The maximum Gasteiger partial charge on any atom is 0.352 e. The Morgan fingerprint density at radius 1 is 1.43 bits per heavy atom. The average molecular weight is 430 g/mol. The van der Waals surface area contributed by atoms with Crippen LogP contribution in [0.5, 0.6) is 0 Å². The van der Waals surface area contributed by atoms with Crippen molar-refractivity contribution >= 4 is 57.6 Å². The number of carbonyl (C=O) groups excluding carboxylic acids is 2. The number of hydrogen-bond acceptors (Lipinski definition) is 8. The van der Waals surface area contributed by atoms with Crippen LogP contribution in [0.1, 0.15) is 13.5 Å². The summed E-state index contributed by atoms with van der Waals surface area (Å²) in [6.45, 7) is 0. The fourth-order valence-corrected chi connectivity index (χ4v) is 4.43. The van der Waals surface area contributed by atoms with Gasteiger partial charge >= 0.3 is 11.9 Å². The van der Waals surface area contributed by atoms with Gasteiger partial charge in [0.05, 0.1) is 17.7 Å². The molecule has 28 heavy (non-hydrogen) atoms. The molecule has 0 spiro atoms. The Kier molecular flexibility index (Phi) is 6.43. The van der Waals surface area contributed by atoms with Crippen molar-refractivity contribution in [1.82, 2.24) is 15.2 Å². The number of carboxylic acids is 2. The molecule has 11 nitrogen and oxygen atoms in total. The van der Waals surface area contributed by atoms with E-state index < -0.39 is 41.6 Å². The lowest BCUT2D eigenvalue weighted by atomic mass is 10.0. The molecule has 1 aromatic heterocycles. The van der Waals surface area contributed by atoms with Gasteiger partial charge in [0.25, 0.3) is 11.8 Å². The Labute approximate surface area is 167 Å². The average Bonchev–Trinajstić information content (AvgIpc) is 3.04. The van der Waals surface area contributed by atoms with Gasteiger partial charge in [0, 0.05) is 12.6 Å². The number of hydrogen-bond donors (Lipinski definition) is 4. The highest BCUT2D eigenvalue weighted by molar-refractivity contribution is 8.00. The van der Waals surface area contributed by atoms with Crippen molar-refractivity contribution in [2.75, 3.05) is 11.5 Å². The van der Waals surface area contributed by atoms with E-state index in [-0.39, 0.29) is 29.0 Å². The van der Waals surface area contributed by atoms with Gasteiger partial charge in [-0.25, -0.2) is 9.78 Å². The van der Waals surface area contributed by atoms with Crippen LogP contribution in [0, 0.1) is 0 Å². The lowest BCUT2D eigenvalue weighted by Gasteiger charge is -2.48. The second kappa shape index (κ2) is 8.41. The zero-order chi connectivity index (χ0) is 19.7. The van der Waals surface area contributed by atoms with E-state index in [0.717, 1.165) is 16.2 Å². The van der Waals surface area contributed by atoms with Gasteiger partial charge in [0.15, 0.2) is 5.13 Å². The Morgan fingerprint density at radius 2 is 2.14 bits per heavy atom. The number of carboxylic acid groups (broad SMARTS) is 2. The minimum Gasteiger partial charge on any atom is -0.481 e. The van der Waals surface area contributed by atoms with Crippen molar-refractivity contribution in [3.8, 4) is 0 Å². The van der Waals surface area contributed by atoms with Crippen LogP contribution >= 0.6 is 23.1 Å². The lowest BCUT2D eigenvalue weighted by molar-refractivity contribution is -0.150. The van der Waals surface area contributed by atoms with E-state index in [1.807, 2.05) is 0 Å². The predicted octanol–water partition coefficient (Wildman–Crippen LogP) is -0.627. The number of amides is 2. The fraction of sp³-hybridized carbons (Fsp3) is 0.267. The molecule has 13 heteroatoms. The van der Waals surface area contributed by atoms with Crippen LogP contribution in [-0.4, -0.2) is 66.5 Å². The summed E-state index contributed by atoms with van der Waals surface area (Å²) >= 11 is 2.41. The molecule has 152 valence electrons. The van der Waals surface area contributed by atoms with Gasteiger partial charge < -0.3 is 26.7 Å². The number of nitrogens with two attached hydrogens (primary N) is 1. The van der Waals surface area contributed by atoms with Crippen LogP contribution in [0.3, 0.4) is 0 Å². The predicted molar refractivity (Wildman–Crippen MR) is 103 cm³/mol. The zero-order valence-corrected chi connectivity index (χ0v) is 15.7. The minimum absolute atomic E-state index is 0. The summed E-state index contributed by atoms with van der Waals surface area (Å²) in [6.07, 6.45) is 2.23. The summed E-state index contributed by atoms with van der Waals surface area (Å²) in [7, 11) is 0.